The number of hydrogen-bond donors (Lipinski definition) is 4. The van der Waals surface area contributed by atoms with Gasteiger partial charge in [0.25, 0.3) is 0 Å². The highest BCUT2D eigenvalue weighted by atomic mass is 32.2. The molecule has 4 N–H and O–H groups in total. The lowest BCUT2D eigenvalue weighted by Crippen LogP contribution is -2.48. The van der Waals surface area contributed by atoms with Crippen LogP contribution in [0.1, 0.15) is 18.5 Å². The summed E-state index contributed by atoms with van der Waals surface area (Å²) in [6.07, 6.45) is 5.41. The second kappa shape index (κ2) is 7.92. The molecule has 1 atom stereocenters. The molecule has 1 aromatic heterocycles. The summed E-state index contributed by atoms with van der Waals surface area (Å²) in [5, 5.41) is 14.4. The molecule has 0 spiro atoms. The normalized spacial score (nSPS) is 17.1. The van der Waals surface area contributed by atoms with Gasteiger partial charge in [0.1, 0.15) is 6.04 Å². The summed E-state index contributed by atoms with van der Waals surface area (Å²) in [5.41, 5.74) is 0.673. The molecule has 2 rings (SSSR count). The number of thioether (sulfide) groups is 1. The molecule has 1 saturated heterocycles. The van der Waals surface area contributed by atoms with Crippen molar-refractivity contribution in [3.05, 3.63) is 18.2 Å². The Kier molecular flexibility index (Phi) is 5.91. The Morgan fingerprint density at radius 1 is 1.48 bits per heavy atom. The number of aromatic nitrogens is 2. The van der Waals surface area contributed by atoms with Crippen molar-refractivity contribution in [3.8, 4) is 0 Å². The van der Waals surface area contributed by atoms with Crippen LogP contribution in [0.15, 0.2) is 12.5 Å². The topological polar surface area (TPSA) is 107 Å². The number of aliphatic carboxylic acids is 1. The molecule has 0 aliphatic carbocycles. The van der Waals surface area contributed by atoms with E-state index in [1.807, 2.05) is 11.8 Å². The smallest absolute Gasteiger partial charge is 0.326 e. The first-order valence-corrected chi connectivity index (χ1v) is 8.13. The van der Waals surface area contributed by atoms with Crippen LogP contribution in [0.25, 0.3) is 0 Å². The number of hydrogen-bond acceptors (Lipinski definition) is 4. The zero-order valence-electron chi connectivity index (χ0n) is 11.7. The van der Waals surface area contributed by atoms with Gasteiger partial charge in [0.15, 0.2) is 0 Å². The highest BCUT2D eigenvalue weighted by Crippen LogP contribution is 2.21. The van der Waals surface area contributed by atoms with Gasteiger partial charge in [0.2, 0.25) is 0 Å². The Bertz CT molecular complexity index is 460. The molecule has 0 bridgehead atoms. The van der Waals surface area contributed by atoms with Gasteiger partial charge in [-0.15, -0.1) is 0 Å². The van der Waals surface area contributed by atoms with Gasteiger partial charge in [-0.1, -0.05) is 0 Å². The van der Waals surface area contributed by atoms with Crippen LogP contribution in [-0.4, -0.2) is 51.2 Å². The number of carboxylic acid groups (broad SMARTS) is 1. The zero-order chi connectivity index (χ0) is 15.1. The zero-order valence-corrected chi connectivity index (χ0v) is 12.5. The third kappa shape index (κ3) is 5.30. The Labute approximate surface area is 127 Å². The molecule has 116 valence electrons. The maximum Gasteiger partial charge on any atom is 0.326 e. The Morgan fingerprint density at radius 3 is 2.86 bits per heavy atom. The quantitative estimate of drug-likeness (QED) is 0.623. The van der Waals surface area contributed by atoms with Gasteiger partial charge in [-0.25, -0.2) is 14.6 Å². The van der Waals surface area contributed by atoms with E-state index in [9.17, 15) is 9.59 Å². The third-order valence-corrected chi connectivity index (χ3v) is 4.52. The first-order chi connectivity index (χ1) is 10.1. The van der Waals surface area contributed by atoms with Gasteiger partial charge in [-0.2, -0.15) is 11.8 Å². The summed E-state index contributed by atoms with van der Waals surface area (Å²) in [5.74, 6) is 1.69. The predicted octanol–water partition coefficient (Wildman–Crippen LogP) is 0.848. The first-order valence-electron chi connectivity index (χ1n) is 6.97. The Balaban J connectivity index is 1.76. The van der Waals surface area contributed by atoms with Crippen molar-refractivity contribution in [3.63, 3.8) is 0 Å². The molecule has 1 fully saturated rings. The molecule has 1 aliphatic rings. The number of carboxylic acids is 1. The summed E-state index contributed by atoms with van der Waals surface area (Å²) < 4.78 is 0. The summed E-state index contributed by atoms with van der Waals surface area (Å²) in [6, 6.07) is -1.40. The van der Waals surface area contributed by atoms with Crippen LogP contribution in [0.2, 0.25) is 0 Å². The monoisotopic (exact) mass is 312 g/mol. The van der Waals surface area contributed by atoms with Crippen LogP contribution in [-0.2, 0) is 11.2 Å². The Morgan fingerprint density at radius 2 is 2.24 bits per heavy atom. The van der Waals surface area contributed by atoms with Crippen LogP contribution in [0.5, 0.6) is 0 Å². The van der Waals surface area contributed by atoms with E-state index in [4.69, 9.17) is 5.11 Å². The van der Waals surface area contributed by atoms with E-state index in [1.54, 1.807) is 6.20 Å². The lowest BCUT2D eigenvalue weighted by atomic mass is 10.0. The molecule has 21 heavy (non-hydrogen) atoms. The fourth-order valence-electron chi connectivity index (χ4n) is 2.21. The predicted molar refractivity (Wildman–Crippen MR) is 80.3 cm³/mol. The van der Waals surface area contributed by atoms with Gasteiger partial charge in [-0.3, -0.25) is 0 Å². The number of nitrogens with zero attached hydrogens (tertiary/aromatic N) is 1. The lowest BCUT2D eigenvalue weighted by Gasteiger charge is -2.22. The van der Waals surface area contributed by atoms with Crippen LogP contribution < -0.4 is 10.6 Å². The number of urea groups is 1. The van der Waals surface area contributed by atoms with E-state index >= 15 is 0 Å². The van der Waals surface area contributed by atoms with E-state index in [1.165, 1.54) is 6.33 Å². The molecule has 7 nitrogen and oxygen atoms in total. The number of amides is 2. The van der Waals surface area contributed by atoms with Crippen molar-refractivity contribution in [2.24, 2.45) is 5.92 Å². The molecule has 0 saturated carbocycles. The van der Waals surface area contributed by atoms with Crippen molar-refractivity contribution in [2.75, 3.05) is 18.1 Å². The molecule has 2 heterocycles. The van der Waals surface area contributed by atoms with Gasteiger partial charge in [-0.05, 0) is 30.3 Å². The largest absolute Gasteiger partial charge is 0.480 e. The molecule has 8 heteroatoms. The van der Waals surface area contributed by atoms with Gasteiger partial charge >= 0.3 is 12.0 Å². The summed E-state index contributed by atoms with van der Waals surface area (Å²) in [4.78, 5) is 29.7. The lowest BCUT2D eigenvalue weighted by molar-refractivity contribution is -0.139. The summed E-state index contributed by atoms with van der Waals surface area (Å²) >= 11 is 1.93. The maximum atomic E-state index is 11.8. The SMILES string of the molecule is O=C(NCC1CCSCC1)NC(Cc1cnc[nH]1)C(=O)O. The van der Waals surface area contributed by atoms with Crippen molar-refractivity contribution < 1.29 is 14.7 Å². The number of aromatic amines is 1. The third-order valence-electron chi connectivity index (χ3n) is 3.47. The molecule has 0 aromatic carbocycles. The second-order valence-electron chi connectivity index (χ2n) is 5.08. The molecular weight excluding hydrogens is 292 g/mol. The van der Waals surface area contributed by atoms with E-state index in [-0.39, 0.29) is 6.42 Å². The summed E-state index contributed by atoms with van der Waals surface area (Å²) in [7, 11) is 0. The number of carbonyl (C=O) groups is 2. The number of imidazole rings is 1. The van der Waals surface area contributed by atoms with E-state index in [0.29, 0.717) is 18.2 Å². The fourth-order valence-corrected chi connectivity index (χ4v) is 3.42. The number of nitrogens with one attached hydrogen (secondary N) is 3. The number of carbonyl (C=O) groups excluding carboxylic acids is 1. The molecule has 1 unspecified atom stereocenters. The molecule has 1 aliphatic heterocycles. The van der Waals surface area contributed by atoms with Gasteiger partial charge in [0.05, 0.1) is 6.33 Å². The van der Waals surface area contributed by atoms with Gasteiger partial charge < -0.3 is 20.7 Å². The molecule has 1 aromatic rings. The molecule has 0 radical (unpaired) electrons. The van der Waals surface area contributed by atoms with E-state index in [0.717, 1.165) is 24.3 Å². The maximum absolute atomic E-state index is 11.8. The first kappa shape index (κ1) is 15.7. The number of rotatable bonds is 6. The minimum atomic E-state index is -1.06. The standard InChI is InChI=1S/C13H20N4O3S/c18-12(19)11(5-10-7-14-8-16-10)17-13(20)15-6-9-1-3-21-4-2-9/h7-9,11H,1-6H2,(H,14,16)(H,18,19)(H2,15,17,20). The van der Waals surface area contributed by atoms with Crippen LogP contribution in [0.3, 0.4) is 0 Å². The average molecular weight is 312 g/mol. The number of H-pyrrole nitrogens is 1. The van der Waals surface area contributed by atoms with E-state index < -0.39 is 18.0 Å². The molecular formula is C13H20N4O3S. The Hall–Kier alpha value is -1.70. The second-order valence-corrected chi connectivity index (χ2v) is 6.31. The summed E-state index contributed by atoms with van der Waals surface area (Å²) in [6.45, 7) is 0.600. The minimum Gasteiger partial charge on any atom is -0.480 e. The van der Waals surface area contributed by atoms with Crippen molar-refractivity contribution in [2.45, 2.75) is 25.3 Å². The van der Waals surface area contributed by atoms with Gasteiger partial charge in [0, 0.05) is 24.9 Å². The minimum absolute atomic E-state index is 0.183. The fraction of sp³-hybridized carbons (Fsp3) is 0.615. The average Bonchev–Trinajstić information content (AvgIpc) is 2.98. The van der Waals surface area contributed by atoms with Crippen LogP contribution in [0.4, 0.5) is 4.79 Å². The van der Waals surface area contributed by atoms with Crippen LogP contribution >= 0.6 is 11.8 Å². The highest BCUT2D eigenvalue weighted by Gasteiger charge is 2.21. The van der Waals surface area contributed by atoms with Crippen LogP contribution in [0, 0.1) is 5.92 Å². The molecule has 2 amide bonds. The van der Waals surface area contributed by atoms with E-state index in [2.05, 4.69) is 20.6 Å². The highest BCUT2D eigenvalue weighted by molar-refractivity contribution is 7.99. The van der Waals surface area contributed by atoms with Crippen molar-refractivity contribution >= 4 is 23.8 Å². The van der Waals surface area contributed by atoms with Crippen molar-refractivity contribution in [1.29, 1.82) is 0 Å². The van der Waals surface area contributed by atoms with Crippen molar-refractivity contribution in [1.82, 2.24) is 20.6 Å².